The fourth-order valence-corrected chi connectivity index (χ4v) is 3.89. The van der Waals surface area contributed by atoms with Crippen LogP contribution in [-0.4, -0.2) is 18.2 Å². The smallest absolute Gasteiger partial charge is 0.307 e. The number of aliphatic carboxylic acids is 1. The Bertz CT molecular complexity index is 1310. The number of furan rings is 1. The van der Waals surface area contributed by atoms with Gasteiger partial charge in [0.15, 0.2) is 0 Å². The molecule has 0 radical (unpaired) electrons. The van der Waals surface area contributed by atoms with Gasteiger partial charge in [-0.1, -0.05) is 30.3 Å². The number of aryl methyl sites for hydroxylation is 1. The Morgan fingerprint density at radius 2 is 1.88 bits per heavy atom. The third kappa shape index (κ3) is 4.86. The highest BCUT2D eigenvalue weighted by Gasteiger charge is 2.16. The maximum atomic E-state index is 11.3. The molecule has 33 heavy (non-hydrogen) atoms. The SMILES string of the molecule is COc1ccc(CC(=O)O)c(OCc2c(C)oc3ccc(-c4cccc([C@H](C)N)c4)cc23)c1. The van der Waals surface area contributed by atoms with E-state index in [1.807, 2.05) is 38.1 Å². The van der Waals surface area contributed by atoms with E-state index in [0.717, 1.165) is 39.0 Å². The minimum atomic E-state index is -0.923. The predicted molar refractivity (Wildman–Crippen MR) is 128 cm³/mol. The van der Waals surface area contributed by atoms with Gasteiger partial charge in [-0.15, -0.1) is 0 Å². The van der Waals surface area contributed by atoms with Crippen molar-refractivity contribution in [1.29, 1.82) is 0 Å². The molecule has 3 aromatic carbocycles. The number of carboxylic acids is 1. The molecule has 1 atom stereocenters. The topological polar surface area (TPSA) is 94.9 Å². The lowest BCUT2D eigenvalue weighted by Gasteiger charge is -2.12. The van der Waals surface area contributed by atoms with E-state index in [1.165, 1.54) is 0 Å². The van der Waals surface area contributed by atoms with E-state index in [-0.39, 0.29) is 19.1 Å². The maximum absolute atomic E-state index is 11.3. The molecule has 0 amide bonds. The van der Waals surface area contributed by atoms with Gasteiger partial charge in [0.1, 0.15) is 29.4 Å². The van der Waals surface area contributed by atoms with Crippen LogP contribution in [0.4, 0.5) is 0 Å². The Morgan fingerprint density at radius 1 is 1.09 bits per heavy atom. The largest absolute Gasteiger partial charge is 0.497 e. The van der Waals surface area contributed by atoms with E-state index in [4.69, 9.17) is 19.6 Å². The number of rotatable bonds is 8. The first kappa shape index (κ1) is 22.4. The van der Waals surface area contributed by atoms with Gasteiger partial charge < -0.3 is 24.7 Å². The number of hydrogen-bond donors (Lipinski definition) is 2. The summed E-state index contributed by atoms with van der Waals surface area (Å²) in [6.45, 7) is 4.11. The van der Waals surface area contributed by atoms with Crippen LogP contribution in [0.2, 0.25) is 0 Å². The molecule has 0 aliphatic heterocycles. The third-order valence-electron chi connectivity index (χ3n) is 5.73. The van der Waals surface area contributed by atoms with E-state index in [1.54, 1.807) is 25.3 Å². The van der Waals surface area contributed by atoms with Crippen molar-refractivity contribution in [3.8, 4) is 22.6 Å². The molecule has 0 aliphatic carbocycles. The van der Waals surface area contributed by atoms with Gasteiger partial charge in [0, 0.05) is 28.6 Å². The average molecular weight is 446 g/mol. The molecule has 1 heterocycles. The Kier molecular flexibility index (Phi) is 6.38. The number of hydrogen-bond acceptors (Lipinski definition) is 5. The quantitative estimate of drug-likeness (QED) is 0.364. The molecule has 0 saturated carbocycles. The summed E-state index contributed by atoms with van der Waals surface area (Å²) in [6.07, 6.45) is -0.134. The summed E-state index contributed by atoms with van der Waals surface area (Å²) in [5.74, 6) is 0.915. The molecule has 0 unspecified atom stereocenters. The van der Waals surface area contributed by atoms with Crippen LogP contribution in [0.5, 0.6) is 11.5 Å². The van der Waals surface area contributed by atoms with Gasteiger partial charge in [0.2, 0.25) is 0 Å². The van der Waals surface area contributed by atoms with Gasteiger partial charge in [0.05, 0.1) is 13.5 Å². The number of carbonyl (C=O) groups is 1. The van der Waals surface area contributed by atoms with Gasteiger partial charge in [-0.25, -0.2) is 0 Å². The summed E-state index contributed by atoms with van der Waals surface area (Å²) in [5.41, 5.74) is 11.5. The minimum absolute atomic E-state index is 0.0447. The monoisotopic (exact) mass is 445 g/mol. The zero-order chi connectivity index (χ0) is 23.5. The van der Waals surface area contributed by atoms with Crippen molar-refractivity contribution in [2.45, 2.75) is 32.9 Å². The number of nitrogens with two attached hydrogens (primary N) is 1. The third-order valence-corrected chi connectivity index (χ3v) is 5.73. The van der Waals surface area contributed by atoms with Crippen LogP contribution in [0.25, 0.3) is 22.1 Å². The standard InChI is InChI=1S/C27H27NO5/c1-16(28)18-5-4-6-19(11-18)20-8-10-25-23(12-20)24(17(2)33-25)15-32-26-14-22(31-3)9-7-21(26)13-27(29)30/h4-12,14,16H,13,15,28H2,1-3H3,(H,29,30)/t16-/m0/s1. The van der Waals surface area contributed by atoms with E-state index in [0.29, 0.717) is 17.1 Å². The average Bonchev–Trinajstić information content (AvgIpc) is 3.12. The zero-order valence-electron chi connectivity index (χ0n) is 18.9. The molecule has 3 N–H and O–H groups in total. The Balaban J connectivity index is 1.68. The molecule has 170 valence electrons. The van der Waals surface area contributed by atoms with E-state index in [9.17, 15) is 9.90 Å². The van der Waals surface area contributed by atoms with Crippen molar-refractivity contribution >= 4 is 16.9 Å². The van der Waals surface area contributed by atoms with E-state index < -0.39 is 5.97 Å². The lowest BCUT2D eigenvalue weighted by Crippen LogP contribution is -2.05. The number of methoxy groups -OCH3 is 1. The number of fused-ring (bicyclic) bond motifs is 1. The second-order valence-corrected chi connectivity index (χ2v) is 8.09. The van der Waals surface area contributed by atoms with Gasteiger partial charge in [0.25, 0.3) is 0 Å². The highest BCUT2D eigenvalue weighted by Crippen LogP contribution is 2.33. The number of ether oxygens (including phenoxy) is 2. The Hall–Kier alpha value is -3.77. The summed E-state index contributed by atoms with van der Waals surface area (Å²) in [6, 6.07) is 19.4. The fraction of sp³-hybridized carbons (Fsp3) is 0.222. The summed E-state index contributed by atoms with van der Waals surface area (Å²) in [4.78, 5) is 11.3. The predicted octanol–water partition coefficient (Wildman–Crippen LogP) is 5.64. The van der Waals surface area contributed by atoms with E-state index >= 15 is 0 Å². The molecule has 0 saturated heterocycles. The number of benzene rings is 3. The molecule has 0 fully saturated rings. The molecule has 0 spiro atoms. The van der Waals surface area contributed by atoms with Crippen LogP contribution in [0, 0.1) is 6.92 Å². The molecule has 0 aliphatic rings. The van der Waals surface area contributed by atoms with Crippen LogP contribution in [0.15, 0.2) is 65.1 Å². The normalized spacial score (nSPS) is 12.0. The molecule has 6 nitrogen and oxygen atoms in total. The highest BCUT2D eigenvalue weighted by atomic mass is 16.5. The van der Waals surface area contributed by atoms with Crippen LogP contribution in [0.3, 0.4) is 0 Å². The van der Waals surface area contributed by atoms with Crippen LogP contribution in [0.1, 0.15) is 35.4 Å². The van der Waals surface area contributed by atoms with Crippen molar-refractivity contribution in [2.75, 3.05) is 7.11 Å². The minimum Gasteiger partial charge on any atom is -0.497 e. The van der Waals surface area contributed by atoms with Gasteiger partial charge in [-0.3, -0.25) is 4.79 Å². The van der Waals surface area contributed by atoms with Crippen molar-refractivity contribution < 1.29 is 23.8 Å². The fourth-order valence-electron chi connectivity index (χ4n) is 3.89. The molecule has 1 aromatic heterocycles. The van der Waals surface area contributed by atoms with Gasteiger partial charge in [-0.05, 0) is 54.8 Å². The summed E-state index contributed by atoms with van der Waals surface area (Å²) in [7, 11) is 1.56. The van der Waals surface area contributed by atoms with Gasteiger partial charge in [-0.2, -0.15) is 0 Å². The summed E-state index contributed by atoms with van der Waals surface area (Å²) in [5, 5.41) is 10.2. The lowest BCUT2D eigenvalue weighted by molar-refractivity contribution is -0.136. The highest BCUT2D eigenvalue weighted by molar-refractivity contribution is 5.87. The van der Waals surface area contributed by atoms with Crippen molar-refractivity contribution in [3.05, 3.63) is 83.1 Å². The van der Waals surface area contributed by atoms with Crippen molar-refractivity contribution in [1.82, 2.24) is 0 Å². The number of carboxylic acid groups (broad SMARTS) is 1. The van der Waals surface area contributed by atoms with Crippen molar-refractivity contribution in [3.63, 3.8) is 0 Å². The first-order chi connectivity index (χ1) is 15.9. The lowest BCUT2D eigenvalue weighted by atomic mass is 9.98. The van der Waals surface area contributed by atoms with Crippen LogP contribution < -0.4 is 15.2 Å². The first-order valence-corrected chi connectivity index (χ1v) is 10.7. The Labute approximate surface area is 192 Å². The zero-order valence-corrected chi connectivity index (χ0v) is 18.9. The molecular weight excluding hydrogens is 418 g/mol. The molecular formula is C27H27NO5. The summed E-state index contributed by atoms with van der Waals surface area (Å²) >= 11 is 0. The molecule has 0 bridgehead atoms. The van der Waals surface area contributed by atoms with Crippen molar-refractivity contribution in [2.24, 2.45) is 5.73 Å². The Morgan fingerprint density at radius 3 is 2.61 bits per heavy atom. The molecule has 4 rings (SSSR count). The van der Waals surface area contributed by atoms with Gasteiger partial charge >= 0.3 is 5.97 Å². The molecule has 6 heteroatoms. The molecule has 4 aromatic rings. The summed E-state index contributed by atoms with van der Waals surface area (Å²) < 4.78 is 17.3. The second-order valence-electron chi connectivity index (χ2n) is 8.09. The first-order valence-electron chi connectivity index (χ1n) is 10.7. The maximum Gasteiger partial charge on any atom is 0.307 e. The van der Waals surface area contributed by atoms with Crippen LogP contribution in [-0.2, 0) is 17.8 Å². The second kappa shape index (κ2) is 9.38. The van der Waals surface area contributed by atoms with Crippen LogP contribution >= 0.6 is 0 Å². The van der Waals surface area contributed by atoms with E-state index in [2.05, 4.69) is 18.2 Å².